The molecule has 0 fully saturated rings. The maximum atomic E-state index is 10.8. The fourth-order valence-electron chi connectivity index (χ4n) is 1.64. The van der Waals surface area contributed by atoms with Crippen molar-refractivity contribution in [3.63, 3.8) is 0 Å². The molecule has 7 nitrogen and oxygen atoms in total. The van der Waals surface area contributed by atoms with E-state index in [9.17, 15) is 9.59 Å². The first-order chi connectivity index (χ1) is 9.08. The number of carbonyl (C=O) groups is 2. The van der Waals surface area contributed by atoms with Gasteiger partial charge in [0.1, 0.15) is 12.7 Å². The Bertz CT molecular complexity index is 564. The highest BCUT2D eigenvalue weighted by molar-refractivity contribution is 5.93. The third-order valence-electron chi connectivity index (χ3n) is 2.66. The average molecular weight is 261 g/mol. The highest BCUT2D eigenvalue weighted by Crippen LogP contribution is 2.13. The molecule has 98 valence electrons. The van der Waals surface area contributed by atoms with Crippen molar-refractivity contribution in [1.29, 1.82) is 0 Å². The van der Waals surface area contributed by atoms with E-state index in [0.717, 1.165) is 5.69 Å². The maximum Gasteiger partial charge on any atom is 0.318 e. The molecule has 19 heavy (non-hydrogen) atoms. The van der Waals surface area contributed by atoms with Crippen LogP contribution in [0.15, 0.2) is 36.9 Å². The molecule has 0 saturated heterocycles. The summed E-state index contributed by atoms with van der Waals surface area (Å²) in [7, 11) is 0. The molecule has 1 aromatic heterocycles. The fraction of sp³-hybridized carbons (Fsp3) is 0.167. The van der Waals surface area contributed by atoms with Crippen LogP contribution in [0.25, 0.3) is 5.69 Å². The Morgan fingerprint density at radius 1 is 1.16 bits per heavy atom. The van der Waals surface area contributed by atoms with Gasteiger partial charge in [0.15, 0.2) is 5.92 Å². The van der Waals surface area contributed by atoms with Crippen molar-refractivity contribution in [3.05, 3.63) is 42.5 Å². The van der Waals surface area contributed by atoms with Crippen LogP contribution >= 0.6 is 0 Å². The maximum absolute atomic E-state index is 10.8. The molecule has 0 bridgehead atoms. The van der Waals surface area contributed by atoms with Crippen LogP contribution in [0.2, 0.25) is 0 Å². The van der Waals surface area contributed by atoms with E-state index in [1.165, 1.54) is 12.7 Å². The molecule has 0 saturated carbocycles. The summed E-state index contributed by atoms with van der Waals surface area (Å²) >= 11 is 0. The molecule has 7 heteroatoms. The molecule has 1 aromatic carbocycles. The van der Waals surface area contributed by atoms with Crippen molar-refractivity contribution in [2.75, 3.05) is 0 Å². The van der Waals surface area contributed by atoms with Crippen LogP contribution in [-0.4, -0.2) is 36.9 Å². The first-order valence-corrected chi connectivity index (χ1v) is 5.47. The summed E-state index contributed by atoms with van der Waals surface area (Å²) in [5.74, 6) is -4.11. The van der Waals surface area contributed by atoms with Gasteiger partial charge in [0.25, 0.3) is 0 Å². The number of aromatic nitrogens is 3. The highest BCUT2D eigenvalue weighted by Gasteiger charge is 2.25. The quantitative estimate of drug-likeness (QED) is 0.763. The first kappa shape index (κ1) is 12.7. The Balaban J connectivity index is 2.15. The number of carboxylic acids is 2. The lowest BCUT2D eigenvalue weighted by Gasteiger charge is -2.08. The molecule has 0 atom stereocenters. The largest absolute Gasteiger partial charge is 0.481 e. The lowest BCUT2D eigenvalue weighted by atomic mass is 9.99. The zero-order valence-corrected chi connectivity index (χ0v) is 9.80. The molecule has 0 radical (unpaired) electrons. The van der Waals surface area contributed by atoms with E-state index in [1.54, 1.807) is 28.9 Å². The van der Waals surface area contributed by atoms with Crippen molar-refractivity contribution < 1.29 is 19.8 Å². The van der Waals surface area contributed by atoms with E-state index in [2.05, 4.69) is 10.1 Å². The molecule has 2 rings (SSSR count). The molecule has 0 amide bonds. The third-order valence-corrected chi connectivity index (χ3v) is 2.66. The molecular formula is C12H11N3O4. The lowest BCUT2D eigenvalue weighted by molar-refractivity contribution is -0.154. The zero-order chi connectivity index (χ0) is 13.8. The van der Waals surface area contributed by atoms with Gasteiger partial charge in [-0.25, -0.2) is 9.67 Å². The van der Waals surface area contributed by atoms with E-state index in [4.69, 9.17) is 10.2 Å². The van der Waals surface area contributed by atoms with Crippen molar-refractivity contribution in [2.24, 2.45) is 5.92 Å². The van der Waals surface area contributed by atoms with E-state index in [1.807, 2.05) is 0 Å². The van der Waals surface area contributed by atoms with Gasteiger partial charge >= 0.3 is 11.9 Å². The monoisotopic (exact) mass is 261 g/mol. The van der Waals surface area contributed by atoms with Gasteiger partial charge in [-0.3, -0.25) is 9.59 Å². The fourth-order valence-corrected chi connectivity index (χ4v) is 1.64. The van der Waals surface area contributed by atoms with Crippen molar-refractivity contribution >= 4 is 11.9 Å². The number of aliphatic carboxylic acids is 2. The van der Waals surface area contributed by atoms with Crippen molar-refractivity contribution in [3.8, 4) is 5.69 Å². The number of rotatable bonds is 5. The SMILES string of the molecule is O=C(O)C(Cc1ccc(-n2cncn2)cc1)C(=O)O. The number of carboxylic acid groups (broad SMARTS) is 2. The predicted molar refractivity (Wildman–Crippen MR) is 63.8 cm³/mol. The summed E-state index contributed by atoms with van der Waals surface area (Å²) in [5, 5.41) is 21.6. The number of nitrogens with zero attached hydrogens (tertiary/aromatic N) is 3. The number of benzene rings is 1. The molecule has 0 aliphatic heterocycles. The van der Waals surface area contributed by atoms with Crippen LogP contribution in [0.4, 0.5) is 0 Å². The van der Waals surface area contributed by atoms with Gasteiger partial charge in [0.05, 0.1) is 5.69 Å². The topological polar surface area (TPSA) is 105 Å². The number of hydrogen-bond donors (Lipinski definition) is 2. The summed E-state index contributed by atoms with van der Waals surface area (Å²) in [6.45, 7) is 0. The molecule has 1 heterocycles. The zero-order valence-electron chi connectivity index (χ0n) is 9.80. The molecule has 0 spiro atoms. The van der Waals surface area contributed by atoms with E-state index in [0.29, 0.717) is 5.56 Å². The second kappa shape index (κ2) is 5.30. The van der Waals surface area contributed by atoms with Crippen LogP contribution < -0.4 is 0 Å². The van der Waals surface area contributed by atoms with Gasteiger partial charge in [0, 0.05) is 0 Å². The van der Waals surface area contributed by atoms with Crippen molar-refractivity contribution in [2.45, 2.75) is 6.42 Å². The Morgan fingerprint density at radius 2 is 1.79 bits per heavy atom. The molecule has 0 unspecified atom stereocenters. The van der Waals surface area contributed by atoms with Gasteiger partial charge in [-0.15, -0.1) is 0 Å². The van der Waals surface area contributed by atoms with Crippen molar-refractivity contribution in [1.82, 2.24) is 14.8 Å². The molecule has 0 aliphatic rings. The highest BCUT2D eigenvalue weighted by atomic mass is 16.4. The van der Waals surface area contributed by atoms with Gasteiger partial charge < -0.3 is 10.2 Å². The Morgan fingerprint density at radius 3 is 2.26 bits per heavy atom. The van der Waals surface area contributed by atoms with Gasteiger partial charge in [-0.05, 0) is 24.1 Å². The minimum Gasteiger partial charge on any atom is -0.481 e. The summed E-state index contributed by atoms with van der Waals surface area (Å²) in [4.78, 5) is 25.4. The minimum absolute atomic E-state index is 0.0533. The normalized spacial score (nSPS) is 10.6. The van der Waals surface area contributed by atoms with Crippen LogP contribution in [-0.2, 0) is 16.0 Å². The minimum atomic E-state index is -1.43. The molecule has 2 aromatic rings. The van der Waals surface area contributed by atoms with Crippen LogP contribution in [0, 0.1) is 5.92 Å². The third kappa shape index (κ3) is 2.95. The smallest absolute Gasteiger partial charge is 0.318 e. The Hall–Kier alpha value is -2.70. The predicted octanol–water partition coefficient (Wildman–Crippen LogP) is 0.595. The summed E-state index contributed by atoms with van der Waals surface area (Å²) < 4.78 is 1.55. The second-order valence-corrected chi connectivity index (χ2v) is 3.94. The van der Waals surface area contributed by atoms with Gasteiger partial charge in [-0.1, -0.05) is 12.1 Å². The van der Waals surface area contributed by atoms with Gasteiger partial charge in [-0.2, -0.15) is 5.10 Å². The standard InChI is InChI=1S/C12H11N3O4/c16-11(17)10(12(18)19)5-8-1-3-9(4-2-8)15-7-13-6-14-15/h1-4,6-7,10H,5H2,(H,16,17)(H,18,19). The van der Waals surface area contributed by atoms with E-state index in [-0.39, 0.29) is 6.42 Å². The molecule has 2 N–H and O–H groups in total. The van der Waals surface area contributed by atoms with Crippen LogP contribution in [0.5, 0.6) is 0 Å². The lowest BCUT2D eigenvalue weighted by Crippen LogP contribution is -2.25. The summed E-state index contributed by atoms with van der Waals surface area (Å²) in [5.41, 5.74) is 1.40. The van der Waals surface area contributed by atoms with Crippen LogP contribution in [0.3, 0.4) is 0 Å². The number of hydrogen-bond acceptors (Lipinski definition) is 4. The second-order valence-electron chi connectivity index (χ2n) is 3.94. The van der Waals surface area contributed by atoms with E-state index >= 15 is 0 Å². The summed E-state index contributed by atoms with van der Waals surface area (Å²) in [6, 6.07) is 6.81. The van der Waals surface area contributed by atoms with Crippen LogP contribution in [0.1, 0.15) is 5.56 Å². The first-order valence-electron chi connectivity index (χ1n) is 5.47. The Kier molecular flexibility index (Phi) is 3.56. The summed E-state index contributed by atoms with van der Waals surface area (Å²) in [6.07, 6.45) is 2.88. The van der Waals surface area contributed by atoms with E-state index < -0.39 is 17.9 Å². The molecule has 0 aliphatic carbocycles. The molecular weight excluding hydrogens is 250 g/mol. The average Bonchev–Trinajstić information content (AvgIpc) is 2.89. The van der Waals surface area contributed by atoms with Gasteiger partial charge in [0.2, 0.25) is 0 Å². The Labute approximate surface area is 108 Å².